The van der Waals surface area contributed by atoms with Crippen molar-refractivity contribution in [2.24, 2.45) is 0 Å². The summed E-state index contributed by atoms with van der Waals surface area (Å²) in [6.07, 6.45) is 0. The van der Waals surface area contributed by atoms with Crippen molar-refractivity contribution in [3.05, 3.63) is 46.9 Å². The summed E-state index contributed by atoms with van der Waals surface area (Å²) in [5, 5.41) is 3.33. The maximum Gasteiger partial charge on any atom is 0.126 e. The molecule has 0 radical (unpaired) electrons. The first-order valence-electron chi connectivity index (χ1n) is 5.88. The predicted octanol–water partition coefficient (Wildman–Crippen LogP) is 2.36. The zero-order valence-electron chi connectivity index (χ0n) is 10.1. The number of hydrogen-bond donors (Lipinski definition) is 1. The number of benzene rings is 1. The summed E-state index contributed by atoms with van der Waals surface area (Å²) in [5.41, 5.74) is 5.93. The van der Waals surface area contributed by atoms with Crippen LogP contribution >= 0.6 is 0 Å². The smallest absolute Gasteiger partial charge is 0.126 e. The molecule has 1 aromatic carbocycles. The lowest BCUT2D eigenvalue weighted by atomic mass is 10.0. The van der Waals surface area contributed by atoms with Gasteiger partial charge in [0.2, 0.25) is 0 Å². The highest BCUT2D eigenvalue weighted by Crippen LogP contribution is 2.26. The first-order valence-corrected chi connectivity index (χ1v) is 5.88. The average molecular weight is 225 g/mol. The number of aromatic nitrogens is 2. The van der Waals surface area contributed by atoms with Gasteiger partial charge in [0.1, 0.15) is 5.82 Å². The number of aryl methyl sites for hydroxylation is 2. The van der Waals surface area contributed by atoms with E-state index >= 15 is 0 Å². The van der Waals surface area contributed by atoms with E-state index in [0.717, 1.165) is 30.3 Å². The highest BCUT2D eigenvalue weighted by atomic mass is 15.0. The molecular formula is C14H15N3. The number of rotatable bonds is 1. The molecule has 2 aromatic rings. The van der Waals surface area contributed by atoms with E-state index in [2.05, 4.69) is 46.5 Å². The van der Waals surface area contributed by atoms with Gasteiger partial charge in [0, 0.05) is 24.2 Å². The summed E-state index contributed by atoms with van der Waals surface area (Å²) in [6, 6.07) is 8.52. The Morgan fingerprint density at radius 3 is 2.53 bits per heavy atom. The molecule has 1 aliphatic rings. The van der Waals surface area contributed by atoms with Crippen molar-refractivity contribution in [1.82, 2.24) is 15.3 Å². The lowest BCUT2D eigenvalue weighted by molar-refractivity contribution is 0.757. The van der Waals surface area contributed by atoms with Crippen LogP contribution in [0.2, 0.25) is 0 Å². The number of hydrogen-bond acceptors (Lipinski definition) is 3. The Morgan fingerprint density at radius 1 is 1.00 bits per heavy atom. The van der Waals surface area contributed by atoms with Crippen molar-refractivity contribution in [3.63, 3.8) is 0 Å². The van der Waals surface area contributed by atoms with E-state index in [9.17, 15) is 0 Å². The third-order valence-electron chi connectivity index (χ3n) is 3.12. The highest BCUT2D eigenvalue weighted by Gasteiger charge is 2.18. The molecule has 0 saturated heterocycles. The van der Waals surface area contributed by atoms with E-state index in [1.807, 2.05) is 6.92 Å². The summed E-state index contributed by atoms with van der Waals surface area (Å²) in [5.74, 6) is 0.850. The van der Waals surface area contributed by atoms with Crippen LogP contribution in [0, 0.1) is 13.8 Å². The Labute approximate surface area is 101 Å². The standard InChI is InChI=1S/C14H15N3/c1-9-3-5-11(6-4-9)14-12-7-15-8-13(12)16-10(2)17-14/h3-6,15H,7-8H2,1-2H3. The van der Waals surface area contributed by atoms with Crippen LogP contribution in [-0.4, -0.2) is 9.97 Å². The largest absolute Gasteiger partial charge is 0.307 e. The van der Waals surface area contributed by atoms with Gasteiger partial charge in [0.25, 0.3) is 0 Å². The molecule has 0 atom stereocenters. The van der Waals surface area contributed by atoms with Crippen molar-refractivity contribution in [2.45, 2.75) is 26.9 Å². The van der Waals surface area contributed by atoms with Gasteiger partial charge in [-0.05, 0) is 13.8 Å². The zero-order valence-corrected chi connectivity index (χ0v) is 10.1. The van der Waals surface area contributed by atoms with Crippen LogP contribution in [0.5, 0.6) is 0 Å². The first-order chi connectivity index (χ1) is 8.24. The van der Waals surface area contributed by atoms with Crippen molar-refractivity contribution in [3.8, 4) is 11.3 Å². The zero-order chi connectivity index (χ0) is 11.8. The third-order valence-corrected chi connectivity index (χ3v) is 3.12. The molecule has 3 nitrogen and oxygen atoms in total. The third kappa shape index (κ3) is 1.83. The molecule has 1 aliphatic heterocycles. The summed E-state index contributed by atoms with van der Waals surface area (Å²) in [6.45, 7) is 5.79. The number of nitrogens with one attached hydrogen (secondary N) is 1. The maximum absolute atomic E-state index is 4.59. The number of fused-ring (bicyclic) bond motifs is 1. The molecule has 0 saturated carbocycles. The van der Waals surface area contributed by atoms with Crippen LogP contribution in [0.25, 0.3) is 11.3 Å². The minimum absolute atomic E-state index is 0.850. The van der Waals surface area contributed by atoms with E-state index < -0.39 is 0 Å². The fraction of sp³-hybridized carbons (Fsp3) is 0.286. The van der Waals surface area contributed by atoms with Crippen LogP contribution in [0.4, 0.5) is 0 Å². The van der Waals surface area contributed by atoms with Gasteiger partial charge in [0.05, 0.1) is 11.4 Å². The summed E-state index contributed by atoms with van der Waals surface area (Å²) in [7, 11) is 0. The molecule has 1 aromatic heterocycles. The van der Waals surface area contributed by atoms with Crippen molar-refractivity contribution in [2.75, 3.05) is 0 Å². The SMILES string of the molecule is Cc1ccc(-c2nc(C)nc3c2CNC3)cc1. The first kappa shape index (κ1) is 10.4. The molecule has 0 amide bonds. The predicted molar refractivity (Wildman–Crippen MR) is 67.5 cm³/mol. The molecule has 3 heteroatoms. The Bertz CT molecular complexity index is 558. The van der Waals surface area contributed by atoms with E-state index in [0.29, 0.717) is 0 Å². The lowest BCUT2D eigenvalue weighted by Crippen LogP contribution is -2.00. The van der Waals surface area contributed by atoms with Crippen molar-refractivity contribution in [1.29, 1.82) is 0 Å². The molecule has 1 N–H and O–H groups in total. The second-order valence-electron chi connectivity index (χ2n) is 4.51. The van der Waals surface area contributed by atoms with E-state index in [1.54, 1.807) is 0 Å². The summed E-state index contributed by atoms with van der Waals surface area (Å²) >= 11 is 0. The summed E-state index contributed by atoms with van der Waals surface area (Å²) in [4.78, 5) is 9.08. The molecule has 0 bridgehead atoms. The van der Waals surface area contributed by atoms with Gasteiger partial charge in [-0.1, -0.05) is 29.8 Å². The topological polar surface area (TPSA) is 37.8 Å². The minimum Gasteiger partial charge on any atom is -0.307 e. The monoisotopic (exact) mass is 225 g/mol. The molecule has 2 heterocycles. The fourth-order valence-corrected chi connectivity index (χ4v) is 2.24. The molecule has 0 unspecified atom stereocenters. The van der Waals surface area contributed by atoms with Crippen LogP contribution in [0.15, 0.2) is 24.3 Å². The number of nitrogens with zero attached hydrogens (tertiary/aromatic N) is 2. The minimum atomic E-state index is 0.850. The molecule has 0 spiro atoms. The highest BCUT2D eigenvalue weighted by molar-refractivity contribution is 5.64. The Hall–Kier alpha value is -1.74. The van der Waals surface area contributed by atoms with Crippen LogP contribution in [0.1, 0.15) is 22.6 Å². The quantitative estimate of drug-likeness (QED) is 0.809. The van der Waals surface area contributed by atoms with Gasteiger partial charge >= 0.3 is 0 Å². The molecule has 17 heavy (non-hydrogen) atoms. The van der Waals surface area contributed by atoms with Crippen LogP contribution in [0.3, 0.4) is 0 Å². The van der Waals surface area contributed by atoms with E-state index in [1.165, 1.54) is 16.7 Å². The van der Waals surface area contributed by atoms with Crippen molar-refractivity contribution < 1.29 is 0 Å². The molecular weight excluding hydrogens is 210 g/mol. The normalized spacial score (nSPS) is 13.8. The van der Waals surface area contributed by atoms with Crippen LogP contribution < -0.4 is 5.32 Å². The van der Waals surface area contributed by atoms with Gasteiger partial charge in [0.15, 0.2) is 0 Å². The Balaban J connectivity index is 2.17. The van der Waals surface area contributed by atoms with Crippen molar-refractivity contribution >= 4 is 0 Å². The Morgan fingerprint density at radius 2 is 1.76 bits per heavy atom. The second kappa shape index (κ2) is 3.93. The molecule has 0 aliphatic carbocycles. The van der Waals surface area contributed by atoms with Gasteiger partial charge in [-0.3, -0.25) is 0 Å². The molecule has 0 fully saturated rings. The Kier molecular flexibility index (Phi) is 2.41. The van der Waals surface area contributed by atoms with E-state index in [4.69, 9.17) is 0 Å². The van der Waals surface area contributed by atoms with E-state index in [-0.39, 0.29) is 0 Å². The van der Waals surface area contributed by atoms with Crippen LogP contribution in [-0.2, 0) is 13.1 Å². The second-order valence-corrected chi connectivity index (χ2v) is 4.51. The lowest BCUT2D eigenvalue weighted by Gasteiger charge is -2.08. The van der Waals surface area contributed by atoms with Gasteiger partial charge in [-0.2, -0.15) is 0 Å². The fourth-order valence-electron chi connectivity index (χ4n) is 2.24. The average Bonchev–Trinajstić information content (AvgIpc) is 2.77. The molecule has 86 valence electrons. The van der Waals surface area contributed by atoms with Gasteiger partial charge in [-0.15, -0.1) is 0 Å². The molecule has 3 rings (SSSR count). The summed E-state index contributed by atoms with van der Waals surface area (Å²) < 4.78 is 0. The van der Waals surface area contributed by atoms with Gasteiger partial charge in [-0.25, -0.2) is 9.97 Å². The van der Waals surface area contributed by atoms with Gasteiger partial charge < -0.3 is 5.32 Å². The maximum atomic E-state index is 4.59.